The Morgan fingerprint density at radius 3 is 2.88 bits per heavy atom. The van der Waals surface area contributed by atoms with Crippen molar-refractivity contribution in [2.75, 3.05) is 38.2 Å². The number of carbonyl (C=O) groups excluding carboxylic acids is 1. The maximum absolute atomic E-state index is 13.1. The lowest BCUT2D eigenvalue weighted by Gasteiger charge is -2.32. The standard InChI is InChI=1S/C20H32N4OS/c1-4-6-10-22(3)16-7-8-18-17(15-16)19(21-24(18)9-5-2)20(25)23-11-13-26-14-12-23/h5,16H,2,4,6-15H2,1,3H3. The summed E-state index contributed by atoms with van der Waals surface area (Å²) in [6.45, 7) is 9.59. The van der Waals surface area contributed by atoms with Crippen LogP contribution in [0.3, 0.4) is 0 Å². The minimum Gasteiger partial charge on any atom is -0.336 e. The van der Waals surface area contributed by atoms with E-state index in [-0.39, 0.29) is 5.91 Å². The third-order valence-corrected chi connectivity index (χ3v) is 6.55. The first kappa shape index (κ1) is 19.5. The van der Waals surface area contributed by atoms with Gasteiger partial charge in [-0.05, 0) is 39.3 Å². The van der Waals surface area contributed by atoms with E-state index in [2.05, 4.69) is 25.5 Å². The zero-order chi connectivity index (χ0) is 18.5. The van der Waals surface area contributed by atoms with Gasteiger partial charge < -0.3 is 9.80 Å². The minimum absolute atomic E-state index is 0.126. The number of amides is 1. The summed E-state index contributed by atoms with van der Waals surface area (Å²) in [6.07, 6.45) is 7.41. The van der Waals surface area contributed by atoms with E-state index in [9.17, 15) is 4.79 Å². The lowest BCUT2D eigenvalue weighted by atomic mass is 9.90. The fraction of sp³-hybridized carbons (Fsp3) is 0.700. The van der Waals surface area contributed by atoms with Crippen LogP contribution in [0.5, 0.6) is 0 Å². The summed E-state index contributed by atoms with van der Waals surface area (Å²) in [5.74, 6) is 2.19. The molecule has 1 aliphatic carbocycles. The van der Waals surface area contributed by atoms with E-state index in [1.165, 1.54) is 24.1 Å². The second-order valence-corrected chi connectivity index (χ2v) is 8.60. The zero-order valence-corrected chi connectivity index (χ0v) is 17.1. The average molecular weight is 377 g/mol. The Morgan fingerprint density at radius 1 is 1.42 bits per heavy atom. The van der Waals surface area contributed by atoms with Gasteiger partial charge in [0, 0.05) is 41.9 Å². The lowest BCUT2D eigenvalue weighted by molar-refractivity contribution is 0.0763. The van der Waals surface area contributed by atoms with Crippen molar-refractivity contribution >= 4 is 17.7 Å². The van der Waals surface area contributed by atoms with Gasteiger partial charge in [-0.15, -0.1) is 6.58 Å². The first-order valence-corrected chi connectivity index (χ1v) is 11.1. The molecule has 0 aromatic carbocycles. The summed E-state index contributed by atoms with van der Waals surface area (Å²) >= 11 is 1.93. The number of nitrogens with zero attached hydrogens (tertiary/aromatic N) is 4. The third kappa shape index (κ3) is 4.17. The lowest BCUT2D eigenvalue weighted by Crippen LogP contribution is -2.40. The number of hydrogen-bond acceptors (Lipinski definition) is 4. The van der Waals surface area contributed by atoms with Gasteiger partial charge in [0.05, 0.1) is 6.54 Å². The fourth-order valence-electron chi connectivity index (χ4n) is 4.00. The van der Waals surface area contributed by atoms with E-state index in [0.717, 1.165) is 50.4 Å². The molecule has 1 aliphatic heterocycles. The molecule has 1 saturated heterocycles. The molecule has 3 rings (SSSR count). The smallest absolute Gasteiger partial charge is 0.274 e. The van der Waals surface area contributed by atoms with E-state index < -0.39 is 0 Å². The summed E-state index contributed by atoms with van der Waals surface area (Å²) < 4.78 is 2.01. The van der Waals surface area contributed by atoms with Crippen molar-refractivity contribution in [3.8, 4) is 0 Å². The quantitative estimate of drug-likeness (QED) is 0.686. The Bertz CT molecular complexity index is 636. The highest BCUT2D eigenvalue weighted by molar-refractivity contribution is 7.99. The summed E-state index contributed by atoms with van der Waals surface area (Å²) in [5.41, 5.74) is 3.14. The van der Waals surface area contributed by atoms with Crippen LogP contribution in [0.25, 0.3) is 0 Å². The monoisotopic (exact) mass is 376 g/mol. The van der Waals surface area contributed by atoms with Crippen LogP contribution in [0.4, 0.5) is 0 Å². The molecule has 1 aromatic heterocycles. The molecule has 0 radical (unpaired) electrons. The highest BCUT2D eigenvalue weighted by Crippen LogP contribution is 2.28. The average Bonchev–Trinajstić information content (AvgIpc) is 3.04. The number of fused-ring (bicyclic) bond motifs is 1. The van der Waals surface area contributed by atoms with Crippen molar-refractivity contribution in [1.29, 1.82) is 0 Å². The molecule has 1 unspecified atom stereocenters. The number of rotatable bonds is 7. The van der Waals surface area contributed by atoms with Crippen LogP contribution >= 0.6 is 11.8 Å². The minimum atomic E-state index is 0.126. The third-order valence-electron chi connectivity index (χ3n) is 5.61. The van der Waals surface area contributed by atoms with Gasteiger partial charge in [-0.1, -0.05) is 19.4 Å². The van der Waals surface area contributed by atoms with Crippen LogP contribution in [0.15, 0.2) is 12.7 Å². The van der Waals surface area contributed by atoms with Crippen LogP contribution in [0.2, 0.25) is 0 Å². The molecule has 144 valence electrons. The van der Waals surface area contributed by atoms with E-state index in [1.807, 2.05) is 27.4 Å². The maximum atomic E-state index is 13.1. The van der Waals surface area contributed by atoms with Gasteiger partial charge in [0.2, 0.25) is 0 Å². The summed E-state index contributed by atoms with van der Waals surface area (Å²) in [5, 5.41) is 4.74. The van der Waals surface area contributed by atoms with Crippen LogP contribution in [0, 0.1) is 0 Å². The van der Waals surface area contributed by atoms with Crippen LogP contribution in [0.1, 0.15) is 47.9 Å². The molecule has 2 aliphatic rings. The van der Waals surface area contributed by atoms with Crippen molar-refractivity contribution in [2.45, 2.75) is 51.6 Å². The molecule has 1 amide bonds. The molecule has 1 fully saturated rings. The first-order chi connectivity index (χ1) is 12.7. The van der Waals surface area contributed by atoms with Crippen LogP contribution in [-0.2, 0) is 19.4 Å². The maximum Gasteiger partial charge on any atom is 0.274 e. The number of likely N-dealkylation sites (N-methyl/N-ethyl adjacent to an activating group) is 1. The molecule has 1 atom stereocenters. The van der Waals surface area contributed by atoms with Gasteiger partial charge in [-0.2, -0.15) is 16.9 Å². The van der Waals surface area contributed by atoms with Gasteiger partial charge in [-0.25, -0.2) is 0 Å². The van der Waals surface area contributed by atoms with E-state index in [0.29, 0.717) is 18.3 Å². The first-order valence-electron chi connectivity index (χ1n) is 9.92. The highest BCUT2D eigenvalue weighted by Gasteiger charge is 2.32. The summed E-state index contributed by atoms with van der Waals surface area (Å²) in [6, 6.07) is 0.513. The molecular formula is C20H32N4OS. The van der Waals surface area contributed by atoms with Crippen molar-refractivity contribution in [3.05, 3.63) is 29.6 Å². The second kappa shape index (κ2) is 9.09. The molecule has 5 nitrogen and oxygen atoms in total. The van der Waals surface area contributed by atoms with Gasteiger partial charge in [0.15, 0.2) is 5.69 Å². The number of thioether (sulfide) groups is 1. The largest absolute Gasteiger partial charge is 0.336 e. The molecule has 0 bridgehead atoms. The number of allylic oxidation sites excluding steroid dienone is 1. The predicted octanol–water partition coefficient (Wildman–Crippen LogP) is 2.85. The molecule has 0 spiro atoms. The number of unbranched alkanes of at least 4 members (excludes halogenated alkanes) is 1. The van der Waals surface area contributed by atoms with E-state index in [4.69, 9.17) is 5.10 Å². The molecule has 6 heteroatoms. The Balaban J connectivity index is 1.84. The summed E-state index contributed by atoms with van der Waals surface area (Å²) in [4.78, 5) is 17.6. The Morgan fingerprint density at radius 2 is 2.19 bits per heavy atom. The van der Waals surface area contributed by atoms with Crippen molar-refractivity contribution in [3.63, 3.8) is 0 Å². The van der Waals surface area contributed by atoms with E-state index in [1.54, 1.807) is 0 Å². The normalized spacial score (nSPS) is 20.3. The summed E-state index contributed by atoms with van der Waals surface area (Å²) in [7, 11) is 2.23. The molecular weight excluding hydrogens is 344 g/mol. The molecule has 2 heterocycles. The van der Waals surface area contributed by atoms with Crippen molar-refractivity contribution < 1.29 is 4.79 Å². The van der Waals surface area contributed by atoms with Crippen molar-refractivity contribution in [2.24, 2.45) is 0 Å². The topological polar surface area (TPSA) is 41.4 Å². The Labute approximate surface area is 161 Å². The number of hydrogen-bond donors (Lipinski definition) is 0. The SMILES string of the molecule is C=CCn1nc(C(=O)N2CCSCC2)c2c1CCC(N(C)CCCC)C2. The van der Waals surface area contributed by atoms with Gasteiger partial charge in [0.25, 0.3) is 5.91 Å². The molecule has 0 saturated carbocycles. The fourth-order valence-corrected chi connectivity index (χ4v) is 4.90. The van der Waals surface area contributed by atoms with Crippen LogP contribution < -0.4 is 0 Å². The van der Waals surface area contributed by atoms with Crippen LogP contribution in [-0.4, -0.2) is 69.7 Å². The second-order valence-electron chi connectivity index (χ2n) is 7.38. The Hall–Kier alpha value is -1.27. The predicted molar refractivity (Wildman–Crippen MR) is 109 cm³/mol. The molecule has 0 N–H and O–H groups in total. The van der Waals surface area contributed by atoms with E-state index >= 15 is 0 Å². The van der Waals surface area contributed by atoms with Gasteiger partial charge in [0.1, 0.15) is 0 Å². The molecule has 26 heavy (non-hydrogen) atoms. The van der Waals surface area contributed by atoms with Gasteiger partial charge in [-0.3, -0.25) is 9.48 Å². The Kier molecular flexibility index (Phi) is 6.81. The zero-order valence-electron chi connectivity index (χ0n) is 16.2. The number of aromatic nitrogens is 2. The number of carbonyl (C=O) groups is 1. The molecule has 1 aromatic rings. The van der Waals surface area contributed by atoms with Crippen molar-refractivity contribution in [1.82, 2.24) is 19.6 Å². The van der Waals surface area contributed by atoms with Gasteiger partial charge >= 0.3 is 0 Å². The highest BCUT2D eigenvalue weighted by atomic mass is 32.2.